The van der Waals surface area contributed by atoms with Crippen LogP contribution in [0.15, 0.2) is 40.4 Å². The van der Waals surface area contributed by atoms with Gasteiger partial charge in [-0.05, 0) is 39.0 Å². The second-order valence-corrected chi connectivity index (χ2v) is 7.22. The Morgan fingerprint density at radius 1 is 1.21 bits per heavy atom. The molecule has 0 aliphatic heterocycles. The van der Waals surface area contributed by atoms with Crippen LogP contribution in [0.2, 0.25) is 0 Å². The molecule has 0 fully saturated rings. The third-order valence-electron chi connectivity index (χ3n) is 4.15. The van der Waals surface area contributed by atoms with Gasteiger partial charge in [-0.25, -0.2) is 19.6 Å². The van der Waals surface area contributed by atoms with Gasteiger partial charge < -0.3 is 9.73 Å². The van der Waals surface area contributed by atoms with Gasteiger partial charge in [0.25, 0.3) is 11.9 Å². The van der Waals surface area contributed by atoms with Gasteiger partial charge in [0, 0.05) is 17.3 Å². The normalized spacial score (nSPS) is 11.0. The number of carbonyl (C=O) groups is 1. The van der Waals surface area contributed by atoms with Crippen molar-refractivity contribution in [2.75, 3.05) is 0 Å². The van der Waals surface area contributed by atoms with E-state index in [0.717, 1.165) is 16.5 Å². The Labute approximate surface area is 165 Å². The Bertz CT molecular complexity index is 1140. The zero-order valence-corrected chi connectivity index (χ0v) is 16.4. The van der Waals surface area contributed by atoms with E-state index in [-0.39, 0.29) is 5.91 Å². The lowest BCUT2D eigenvalue weighted by Gasteiger charge is -2.05. The van der Waals surface area contributed by atoms with Crippen molar-refractivity contribution in [1.82, 2.24) is 30.0 Å². The molecule has 1 N–H and O–H groups in total. The summed E-state index contributed by atoms with van der Waals surface area (Å²) in [5, 5.41) is 9.98. The van der Waals surface area contributed by atoms with Crippen molar-refractivity contribution in [1.29, 1.82) is 0 Å². The van der Waals surface area contributed by atoms with E-state index in [0.29, 0.717) is 35.2 Å². The van der Waals surface area contributed by atoms with E-state index < -0.39 is 0 Å². The summed E-state index contributed by atoms with van der Waals surface area (Å²) >= 11 is 1.52. The Balaban J connectivity index is 1.55. The molecule has 0 saturated carbocycles. The molecule has 0 atom stereocenters. The molecule has 4 aromatic rings. The fourth-order valence-corrected chi connectivity index (χ4v) is 3.44. The minimum absolute atomic E-state index is 0.214. The summed E-state index contributed by atoms with van der Waals surface area (Å²) in [7, 11) is 0. The van der Waals surface area contributed by atoms with Crippen LogP contribution in [0.5, 0.6) is 0 Å². The highest BCUT2D eigenvalue weighted by atomic mass is 32.1. The minimum atomic E-state index is -0.214. The summed E-state index contributed by atoms with van der Waals surface area (Å²) in [6.07, 6.45) is 3.16. The number of nitrogens with zero attached hydrogens (tertiary/aromatic N) is 5. The first-order valence-corrected chi connectivity index (χ1v) is 9.53. The maximum absolute atomic E-state index is 12.5. The molecular formula is C19H18N6O2S. The largest absolute Gasteiger partial charge is 0.460 e. The first kappa shape index (κ1) is 18.1. The molecule has 142 valence electrons. The van der Waals surface area contributed by atoms with Gasteiger partial charge in [-0.1, -0.05) is 0 Å². The summed E-state index contributed by atoms with van der Waals surface area (Å²) < 4.78 is 7.16. The third-order valence-corrected chi connectivity index (χ3v) is 5.11. The molecular weight excluding hydrogens is 376 g/mol. The fraction of sp³-hybridized carbons (Fsp3) is 0.211. The molecule has 0 radical (unpaired) electrons. The molecule has 9 heteroatoms. The predicted molar refractivity (Wildman–Crippen MR) is 104 cm³/mol. The van der Waals surface area contributed by atoms with Crippen molar-refractivity contribution in [3.05, 3.63) is 63.7 Å². The van der Waals surface area contributed by atoms with Gasteiger partial charge in [-0.15, -0.1) is 11.3 Å². The van der Waals surface area contributed by atoms with E-state index >= 15 is 0 Å². The van der Waals surface area contributed by atoms with Crippen LogP contribution in [-0.2, 0) is 6.54 Å². The van der Waals surface area contributed by atoms with Crippen molar-refractivity contribution in [3.8, 4) is 17.4 Å². The standard InChI is InChI=1S/C19H18N6O2S/c1-11-10-28-17(23-11)9-21-18(26)14-8-22-25(13(14)3)19-20-7-6-15(24-19)16-5-4-12(2)27-16/h4-8,10H,9H2,1-3H3,(H,21,26). The van der Waals surface area contributed by atoms with Gasteiger partial charge in [-0.2, -0.15) is 5.10 Å². The Morgan fingerprint density at radius 3 is 2.79 bits per heavy atom. The lowest BCUT2D eigenvalue weighted by Crippen LogP contribution is -2.23. The SMILES string of the molecule is Cc1csc(CNC(=O)c2cnn(-c3nccc(-c4ccc(C)o4)n3)c2C)n1. The zero-order valence-electron chi connectivity index (χ0n) is 15.6. The van der Waals surface area contributed by atoms with Gasteiger partial charge in [0.05, 0.1) is 24.0 Å². The molecule has 1 amide bonds. The second kappa shape index (κ2) is 7.35. The lowest BCUT2D eigenvalue weighted by atomic mass is 10.2. The zero-order chi connectivity index (χ0) is 19.7. The van der Waals surface area contributed by atoms with E-state index in [1.807, 2.05) is 38.3 Å². The minimum Gasteiger partial charge on any atom is -0.460 e. The van der Waals surface area contributed by atoms with Gasteiger partial charge in [0.2, 0.25) is 0 Å². The highest BCUT2D eigenvalue weighted by Gasteiger charge is 2.17. The molecule has 0 aliphatic carbocycles. The molecule has 0 aliphatic rings. The topological polar surface area (TPSA) is 98.7 Å². The van der Waals surface area contributed by atoms with E-state index in [4.69, 9.17) is 4.42 Å². The van der Waals surface area contributed by atoms with Gasteiger partial charge in [0.15, 0.2) is 5.76 Å². The Kier molecular flexibility index (Phi) is 4.74. The number of thiazole rings is 1. The highest BCUT2D eigenvalue weighted by Crippen LogP contribution is 2.21. The van der Waals surface area contributed by atoms with Crippen LogP contribution in [0.1, 0.15) is 32.5 Å². The molecule has 0 bridgehead atoms. The number of hydrogen-bond donors (Lipinski definition) is 1. The summed E-state index contributed by atoms with van der Waals surface area (Å²) in [6, 6.07) is 5.50. The summed E-state index contributed by atoms with van der Waals surface area (Å²) in [5.74, 6) is 1.62. The summed E-state index contributed by atoms with van der Waals surface area (Å²) in [4.78, 5) is 25.7. The van der Waals surface area contributed by atoms with E-state index in [2.05, 4.69) is 25.4 Å². The molecule has 0 saturated heterocycles. The summed E-state index contributed by atoms with van der Waals surface area (Å²) in [5.41, 5.74) is 2.72. The van der Waals surface area contributed by atoms with Crippen LogP contribution in [0.4, 0.5) is 0 Å². The van der Waals surface area contributed by atoms with Crippen molar-refractivity contribution >= 4 is 17.2 Å². The number of nitrogens with one attached hydrogen (secondary N) is 1. The average Bonchev–Trinajstić information content (AvgIpc) is 3.40. The van der Waals surface area contributed by atoms with Gasteiger partial charge in [-0.3, -0.25) is 4.79 Å². The van der Waals surface area contributed by atoms with Crippen LogP contribution in [0.3, 0.4) is 0 Å². The number of aryl methyl sites for hydroxylation is 2. The van der Waals surface area contributed by atoms with Gasteiger partial charge in [0.1, 0.15) is 16.5 Å². The van der Waals surface area contributed by atoms with Crippen LogP contribution >= 0.6 is 11.3 Å². The number of aromatic nitrogens is 5. The van der Waals surface area contributed by atoms with Crippen molar-refractivity contribution in [2.45, 2.75) is 27.3 Å². The van der Waals surface area contributed by atoms with Crippen molar-refractivity contribution in [2.24, 2.45) is 0 Å². The van der Waals surface area contributed by atoms with E-state index in [9.17, 15) is 4.79 Å². The molecule has 4 heterocycles. The average molecular weight is 394 g/mol. The molecule has 28 heavy (non-hydrogen) atoms. The maximum Gasteiger partial charge on any atom is 0.255 e. The van der Waals surface area contributed by atoms with Crippen LogP contribution in [0.25, 0.3) is 17.4 Å². The number of amides is 1. The predicted octanol–water partition coefficient (Wildman–Crippen LogP) is 3.23. The van der Waals surface area contributed by atoms with E-state index in [1.54, 1.807) is 16.9 Å². The van der Waals surface area contributed by atoms with Crippen LogP contribution in [0, 0.1) is 20.8 Å². The first-order valence-electron chi connectivity index (χ1n) is 8.65. The van der Waals surface area contributed by atoms with E-state index in [1.165, 1.54) is 17.5 Å². The molecule has 0 aromatic carbocycles. The van der Waals surface area contributed by atoms with Gasteiger partial charge >= 0.3 is 0 Å². The molecule has 4 aromatic heterocycles. The third kappa shape index (κ3) is 3.56. The number of hydrogen-bond acceptors (Lipinski definition) is 7. The smallest absolute Gasteiger partial charge is 0.255 e. The molecule has 0 unspecified atom stereocenters. The van der Waals surface area contributed by atoms with Crippen LogP contribution < -0.4 is 5.32 Å². The lowest BCUT2D eigenvalue weighted by molar-refractivity contribution is 0.0950. The Hall–Kier alpha value is -3.33. The number of rotatable bonds is 5. The number of carbonyl (C=O) groups excluding carboxylic acids is 1. The monoisotopic (exact) mass is 394 g/mol. The molecule has 4 rings (SSSR count). The quantitative estimate of drug-likeness (QED) is 0.558. The van der Waals surface area contributed by atoms with Crippen molar-refractivity contribution in [3.63, 3.8) is 0 Å². The van der Waals surface area contributed by atoms with Crippen molar-refractivity contribution < 1.29 is 9.21 Å². The first-order chi connectivity index (χ1) is 13.5. The summed E-state index contributed by atoms with van der Waals surface area (Å²) in [6.45, 7) is 5.99. The highest BCUT2D eigenvalue weighted by molar-refractivity contribution is 7.09. The molecule has 0 spiro atoms. The second-order valence-electron chi connectivity index (χ2n) is 6.27. The number of furan rings is 1. The Morgan fingerprint density at radius 2 is 2.07 bits per heavy atom. The fourth-order valence-electron chi connectivity index (χ4n) is 2.73. The maximum atomic E-state index is 12.5. The molecule has 8 nitrogen and oxygen atoms in total. The van der Waals surface area contributed by atoms with Crippen LogP contribution in [-0.4, -0.2) is 30.6 Å².